The highest BCUT2D eigenvalue weighted by atomic mass is 35.5. The Labute approximate surface area is 190 Å². The van der Waals surface area contributed by atoms with Crippen molar-refractivity contribution in [3.05, 3.63) is 99.5 Å². The molecule has 2 N–H and O–H groups in total. The maximum absolute atomic E-state index is 13.5. The predicted molar refractivity (Wildman–Crippen MR) is 123 cm³/mol. The van der Waals surface area contributed by atoms with Crippen LogP contribution in [0.1, 0.15) is 44.3 Å². The number of carbonyl (C=O) groups is 1. The second kappa shape index (κ2) is 7.80. The van der Waals surface area contributed by atoms with Crippen molar-refractivity contribution in [2.24, 2.45) is 0 Å². The largest absolute Gasteiger partial charge is 0.507 e. The number of rotatable bonds is 4. The molecule has 160 valence electrons. The highest BCUT2D eigenvalue weighted by Gasteiger charge is 2.42. The van der Waals surface area contributed by atoms with Crippen molar-refractivity contribution in [2.75, 3.05) is 0 Å². The molecule has 0 fully saturated rings. The molecule has 1 aliphatic rings. The van der Waals surface area contributed by atoms with Crippen LogP contribution < -0.4 is 0 Å². The number of halogens is 1. The van der Waals surface area contributed by atoms with Crippen LogP contribution in [0.15, 0.2) is 60.9 Å². The first-order chi connectivity index (χ1) is 15.4. The number of phenolic OH excluding ortho intramolecular Hbond substituents is 1. The molecule has 1 amide bonds. The third kappa shape index (κ3) is 3.33. The number of nitrogens with zero attached hydrogens (tertiary/aromatic N) is 3. The van der Waals surface area contributed by atoms with Crippen molar-refractivity contribution in [1.82, 2.24) is 20.1 Å². The van der Waals surface area contributed by atoms with Crippen LogP contribution in [0.2, 0.25) is 5.02 Å². The van der Waals surface area contributed by atoms with Gasteiger partial charge < -0.3 is 10.0 Å². The third-order valence-electron chi connectivity index (χ3n) is 5.80. The van der Waals surface area contributed by atoms with Crippen molar-refractivity contribution in [3.63, 3.8) is 0 Å². The topological polar surface area (TPSA) is 82.1 Å². The number of aromatic hydroxyl groups is 1. The Balaban J connectivity index is 1.70. The molecule has 0 saturated carbocycles. The Kier molecular flexibility index (Phi) is 4.94. The van der Waals surface area contributed by atoms with E-state index in [2.05, 4.69) is 15.2 Å². The molecule has 7 heteroatoms. The van der Waals surface area contributed by atoms with Crippen LogP contribution in [0.25, 0.3) is 11.3 Å². The van der Waals surface area contributed by atoms with Gasteiger partial charge in [-0.1, -0.05) is 35.9 Å². The van der Waals surface area contributed by atoms with E-state index in [-0.39, 0.29) is 11.7 Å². The summed E-state index contributed by atoms with van der Waals surface area (Å²) in [6.07, 6.45) is 3.46. The minimum Gasteiger partial charge on any atom is -0.507 e. The fourth-order valence-electron chi connectivity index (χ4n) is 4.42. The van der Waals surface area contributed by atoms with Gasteiger partial charge in [0.1, 0.15) is 17.1 Å². The first-order valence-corrected chi connectivity index (χ1v) is 10.7. The number of aromatic amines is 1. The second-order valence-corrected chi connectivity index (χ2v) is 8.53. The Morgan fingerprint density at radius 3 is 2.75 bits per heavy atom. The smallest absolute Gasteiger partial charge is 0.273 e. The SMILES string of the molecule is Cc1cc(C)c(O)c(-c2n[nH]c3c2[C@@H](c2cccc(Cl)c2)N(Cc2cccnc2)C3=O)c1. The molecule has 0 bridgehead atoms. The number of hydrogen-bond acceptors (Lipinski definition) is 4. The minimum atomic E-state index is -0.412. The number of H-pyrrole nitrogens is 1. The van der Waals surface area contributed by atoms with E-state index in [9.17, 15) is 9.90 Å². The van der Waals surface area contributed by atoms with Gasteiger partial charge in [0.15, 0.2) is 0 Å². The van der Waals surface area contributed by atoms with E-state index in [1.54, 1.807) is 23.4 Å². The highest BCUT2D eigenvalue weighted by molar-refractivity contribution is 6.30. The van der Waals surface area contributed by atoms with E-state index in [0.717, 1.165) is 27.8 Å². The Morgan fingerprint density at radius 2 is 2.00 bits per heavy atom. The summed E-state index contributed by atoms with van der Waals surface area (Å²) in [7, 11) is 0. The van der Waals surface area contributed by atoms with Crippen LogP contribution in [0, 0.1) is 13.8 Å². The molecule has 32 heavy (non-hydrogen) atoms. The fraction of sp³-hybridized carbons (Fsp3) is 0.160. The molecule has 2 aromatic heterocycles. The van der Waals surface area contributed by atoms with E-state index < -0.39 is 6.04 Å². The molecular formula is C25H21ClN4O2. The number of phenols is 1. The monoisotopic (exact) mass is 444 g/mol. The van der Waals surface area contributed by atoms with Gasteiger partial charge in [-0.3, -0.25) is 14.9 Å². The summed E-state index contributed by atoms with van der Waals surface area (Å²) in [4.78, 5) is 19.4. The van der Waals surface area contributed by atoms with Crippen LogP contribution in [-0.4, -0.2) is 31.1 Å². The van der Waals surface area contributed by atoms with Crippen molar-refractivity contribution >= 4 is 17.5 Å². The molecule has 3 heterocycles. The van der Waals surface area contributed by atoms with Crippen molar-refractivity contribution in [1.29, 1.82) is 0 Å². The zero-order valence-electron chi connectivity index (χ0n) is 17.6. The Hall–Kier alpha value is -3.64. The van der Waals surface area contributed by atoms with E-state index in [4.69, 9.17) is 11.6 Å². The van der Waals surface area contributed by atoms with Gasteiger partial charge in [-0.25, -0.2) is 0 Å². The van der Waals surface area contributed by atoms with Crippen LogP contribution in [-0.2, 0) is 6.54 Å². The number of carbonyl (C=O) groups excluding carboxylic acids is 1. The summed E-state index contributed by atoms with van der Waals surface area (Å²) in [6.45, 7) is 4.20. The number of amides is 1. The maximum Gasteiger partial charge on any atom is 0.273 e. The predicted octanol–water partition coefficient (Wildman–Crippen LogP) is 5.19. The lowest BCUT2D eigenvalue weighted by molar-refractivity contribution is 0.0730. The lowest BCUT2D eigenvalue weighted by Gasteiger charge is -2.26. The molecular weight excluding hydrogens is 424 g/mol. The van der Waals surface area contributed by atoms with Crippen molar-refractivity contribution < 1.29 is 9.90 Å². The van der Waals surface area contributed by atoms with E-state index in [1.807, 2.05) is 56.3 Å². The zero-order valence-corrected chi connectivity index (χ0v) is 18.4. The number of aryl methyl sites for hydroxylation is 2. The first kappa shape index (κ1) is 20.3. The zero-order chi connectivity index (χ0) is 22.4. The number of pyridine rings is 1. The average molecular weight is 445 g/mol. The van der Waals surface area contributed by atoms with Gasteiger partial charge in [0.25, 0.3) is 5.91 Å². The molecule has 4 aromatic rings. The molecule has 0 radical (unpaired) electrons. The summed E-state index contributed by atoms with van der Waals surface area (Å²) in [5, 5.41) is 18.8. The van der Waals surface area contributed by atoms with Gasteiger partial charge >= 0.3 is 0 Å². The van der Waals surface area contributed by atoms with Crippen LogP contribution in [0.3, 0.4) is 0 Å². The molecule has 5 rings (SSSR count). The van der Waals surface area contributed by atoms with E-state index in [0.29, 0.717) is 28.5 Å². The molecule has 1 aliphatic heterocycles. The van der Waals surface area contributed by atoms with Crippen LogP contribution in [0.5, 0.6) is 5.75 Å². The lowest BCUT2D eigenvalue weighted by Crippen LogP contribution is -2.29. The van der Waals surface area contributed by atoms with Gasteiger partial charge in [-0.15, -0.1) is 0 Å². The standard InChI is InChI=1S/C25H21ClN4O2/c1-14-9-15(2)24(31)19(10-14)21-20-22(29-28-21)25(32)30(13-16-5-4-8-27-12-16)23(20)17-6-3-7-18(26)11-17/h3-12,23,31H,13H2,1-2H3,(H,28,29)/t23-/m1/s1. The van der Waals surface area contributed by atoms with E-state index >= 15 is 0 Å². The number of fused-ring (bicyclic) bond motifs is 1. The minimum absolute atomic E-state index is 0.156. The van der Waals surface area contributed by atoms with Gasteiger partial charge in [-0.05, 0) is 60.4 Å². The molecule has 0 unspecified atom stereocenters. The molecule has 1 atom stereocenters. The van der Waals surface area contributed by atoms with Crippen LogP contribution >= 0.6 is 11.6 Å². The number of aromatic nitrogens is 3. The highest BCUT2D eigenvalue weighted by Crippen LogP contribution is 2.46. The lowest BCUT2D eigenvalue weighted by atomic mass is 9.94. The molecule has 2 aromatic carbocycles. The van der Waals surface area contributed by atoms with Crippen molar-refractivity contribution in [3.8, 4) is 17.0 Å². The van der Waals surface area contributed by atoms with Gasteiger partial charge in [0.05, 0.1) is 6.04 Å². The first-order valence-electron chi connectivity index (χ1n) is 10.3. The summed E-state index contributed by atoms with van der Waals surface area (Å²) >= 11 is 6.32. The summed E-state index contributed by atoms with van der Waals surface area (Å²) < 4.78 is 0. The summed E-state index contributed by atoms with van der Waals surface area (Å²) in [5.74, 6) is 0.00402. The summed E-state index contributed by atoms with van der Waals surface area (Å²) in [6, 6.07) is 14.7. The maximum atomic E-state index is 13.5. The summed E-state index contributed by atoms with van der Waals surface area (Å²) in [5.41, 5.74) is 5.88. The van der Waals surface area contributed by atoms with Gasteiger partial charge in [-0.2, -0.15) is 5.10 Å². The molecule has 0 saturated heterocycles. The van der Waals surface area contributed by atoms with Crippen molar-refractivity contribution in [2.45, 2.75) is 26.4 Å². The third-order valence-corrected chi connectivity index (χ3v) is 6.04. The second-order valence-electron chi connectivity index (χ2n) is 8.09. The molecule has 0 aliphatic carbocycles. The molecule has 0 spiro atoms. The Morgan fingerprint density at radius 1 is 1.16 bits per heavy atom. The van der Waals surface area contributed by atoms with Crippen LogP contribution in [0.4, 0.5) is 0 Å². The van der Waals surface area contributed by atoms with Gasteiger partial charge in [0.2, 0.25) is 0 Å². The molecule has 6 nitrogen and oxygen atoms in total. The quantitative estimate of drug-likeness (QED) is 0.453. The van der Waals surface area contributed by atoms with Gasteiger partial charge in [0, 0.05) is 35.1 Å². The number of nitrogens with one attached hydrogen (secondary N) is 1. The van der Waals surface area contributed by atoms with E-state index in [1.165, 1.54) is 0 Å². The Bertz CT molecular complexity index is 1330. The number of hydrogen-bond donors (Lipinski definition) is 2. The normalized spacial score (nSPS) is 15.3. The fourth-order valence-corrected chi connectivity index (χ4v) is 4.62. The number of benzene rings is 2. The average Bonchev–Trinajstić information content (AvgIpc) is 3.31.